The van der Waals surface area contributed by atoms with Crippen molar-refractivity contribution in [1.29, 1.82) is 0 Å². The van der Waals surface area contributed by atoms with Gasteiger partial charge in [0, 0.05) is 18.6 Å². The molecule has 2 aliphatic rings. The number of benzene rings is 2. The van der Waals surface area contributed by atoms with Gasteiger partial charge in [-0.1, -0.05) is 36.4 Å². The van der Waals surface area contributed by atoms with Crippen LogP contribution in [0.1, 0.15) is 12.8 Å². The molecule has 5 heteroatoms. The average molecular weight is 310 g/mol. The normalized spacial score (nSPS) is 22.6. The molecule has 0 bridgehead atoms. The van der Waals surface area contributed by atoms with Crippen molar-refractivity contribution in [2.75, 3.05) is 18.1 Å². The summed E-state index contributed by atoms with van der Waals surface area (Å²) in [6.45, 7) is 1.30. The lowest BCUT2D eigenvalue weighted by atomic mass is 9.91. The van der Waals surface area contributed by atoms with Gasteiger partial charge in [0.2, 0.25) is 0 Å². The molecule has 118 valence electrons. The molecular formula is C18H18N2O3. The van der Waals surface area contributed by atoms with Crippen molar-refractivity contribution >= 4 is 28.4 Å². The Labute approximate surface area is 134 Å². The van der Waals surface area contributed by atoms with Crippen LogP contribution in [-0.4, -0.2) is 31.2 Å². The Morgan fingerprint density at radius 3 is 2.57 bits per heavy atom. The van der Waals surface area contributed by atoms with Crippen molar-refractivity contribution in [3.63, 3.8) is 0 Å². The summed E-state index contributed by atoms with van der Waals surface area (Å²) in [4.78, 5) is 26.6. The first kappa shape index (κ1) is 14.2. The van der Waals surface area contributed by atoms with E-state index < -0.39 is 6.04 Å². The fourth-order valence-corrected chi connectivity index (χ4v) is 3.50. The van der Waals surface area contributed by atoms with E-state index >= 15 is 0 Å². The molecule has 23 heavy (non-hydrogen) atoms. The van der Waals surface area contributed by atoms with E-state index in [1.54, 1.807) is 0 Å². The van der Waals surface area contributed by atoms with Crippen LogP contribution in [0.2, 0.25) is 0 Å². The van der Waals surface area contributed by atoms with Gasteiger partial charge in [-0.05, 0) is 30.2 Å². The van der Waals surface area contributed by atoms with Crippen molar-refractivity contribution in [2.24, 2.45) is 5.92 Å². The summed E-state index contributed by atoms with van der Waals surface area (Å²) < 4.78 is 5.35. The van der Waals surface area contributed by atoms with E-state index in [2.05, 4.69) is 5.32 Å². The van der Waals surface area contributed by atoms with E-state index in [-0.39, 0.29) is 17.9 Å². The van der Waals surface area contributed by atoms with Gasteiger partial charge < -0.3 is 10.1 Å². The van der Waals surface area contributed by atoms with E-state index in [0.29, 0.717) is 18.9 Å². The molecule has 0 spiro atoms. The Morgan fingerprint density at radius 2 is 1.74 bits per heavy atom. The highest BCUT2D eigenvalue weighted by molar-refractivity contribution is 6.24. The van der Waals surface area contributed by atoms with E-state index in [0.717, 1.165) is 23.6 Å². The highest BCUT2D eigenvalue weighted by Gasteiger charge is 2.43. The van der Waals surface area contributed by atoms with Gasteiger partial charge >= 0.3 is 6.03 Å². The zero-order chi connectivity index (χ0) is 15.8. The van der Waals surface area contributed by atoms with Gasteiger partial charge in [0.1, 0.15) is 6.04 Å². The summed E-state index contributed by atoms with van der Waals surface area (Å²) in [6.07, 6.45) is 1.61. The van der Waals surface area contributed by atoms with Gasteiger partial charge in [-0.2, -0.15) is 0 Å². The number of nitrogens with zero attached hydrogens (tertiary/aromatic N) is 1. The molecule has 2 heterocycles. The minimum Gasteiger partial charge on any atom is -0.381 e. The number of ether oxygens (including phenoxy) is 1. The maximum absolute atomic E-state index is 12.9. The first-order valence-corrected chi connectivity index (χ1v) is 7.95. The molecule has 2 saturated heterocycles. The molecule has 3 amide bonds. The first-order chi connectivity index (χ1) is 11.3. The molecule has 1 atom stereocenters. The number of amides is 3. The fourth-order valence-electron chi connectivity index (χ4n) is 3.50. The highest BCUT2D eigenvalue weighted by atomic mass is 16.5. The number of carbonyl (C=O) groups excluding carboxylic acids is 2. The second-order valence-corrected chi connectivity index (χ2v) is 6.05. The number of carbonyl (C=O) groups is 2. The van der Waals surface area contributed by atoms with Crippen molar-refractivity contribution in [2.45, 2.75) is 18.9 Å². The molecule has 2 fully saturated rings. The van der Waals surface area contributed by atoms with E-state index in [9.17, 15) is 9.59 Å². The first-order valence-electron chi connectivity index (χ1n) is 7.95. The fraction of sp³-hybridized carbons (Fsp3) is 0.333. The van der Waals surface area contributed by atoms with Crippen LogP contribution in [0.15, 0.2) is 42.5 Å². The molecule has 0 radical (unpaired) electrons. The number of rotatable bonds is 2. The quantitative estimate of drug-likeness (QED) is 0.868. The monoisotopic (exact) mass is 310 g/mol. The van der Waals surface area contributed by atoms with E-state index in [4.69, 9.17) is 4.74 Å². The third-order valence-electron chi connectivity index (χ3n) is 4.71. The van der Waals surface area contributed by atoms with Crippen LogP contribution < -0.4 is 10.2 Å². The Bertz CT molecular complexity index is 762. The van der Waals surface area contributed by atoms with Crippen LogP contribution in [0, 0.1) is 5.92 Å². The van der Waals surface area contributed by atoms with Gasteiger partial charge in [0.15, 0.2) is 0 Å². The minimum atomic E-state index is -0.439. The molecule has 1 unspecified atom stereocenters. The van der Waals surface area contributed by atoms with Crippen LogP contribution >= 0.6 is 0 Å². The standard InChI is InChI=1S/C18H18N2O3/c21-17-16(13-8-10-23-11-9-13)19-18(22)20(17)15-7-3-5-12-4-1-2-6-14(12)15/h1-7,13,16H,8-11H2,(H,19,22). The lowest BCUT2D eigenvalue weighted by Crippen LogP contribution is -2.40. The number of nitrogens with one attached hydrogen (secondary N) is 1. The molecule has 0 aliphatic carbocycles. The minimum absolute atomic E-state index is 0.153. The molecule has 5 nitrogen and oxygen atoms in total. The zero-order valence-electron chi connectivity index (χ0n) is 12.7. The predicted octanol–water partition coefficient (Wildman–Crippen LogP) is 2.69. The summed E-state index contributed by atoms with van der Waals surface area (Å²) in [5.74, 6) is -0.00145. The smallest absolute Gasteiger partial charge is 0.329 e. The number of anilines is 1. The second kappa shape index (κ2) is 5.66. The maximum Gasteiger partial charge on any atom is 0.329 e. The van der Waals surface area contributed by atoms with Crippen LogP contribution in [0.3, 0.4) is 0 Å². The Morgan fingerprint density at radius 1 is 1.00 bits per heavy atom. The predicted molar refractivity (Wildman–Crippen MR) is 87.3 cm³/mol. The number of hydrogen-bond donors (Lipinski definition) is 1. The summed E-state index contributed by atoms with van der Waals surface area (Å²) in [6, 6.07) is 12.7. The largest absolute Gasteiger partial charge is 0.381 e. The molecule has 1 N–H and O–H groups in total. The third-order valence-corrected chi connectivity index (χ3v) is 4.71. The van der Waals surface area contributed by atoms with Crippen molar-refractivity contribution in [3.8, 4) is 0 Å². The van der Waals surface area contributed by atoms with Gasteiger partial charge in [0.05, 0.1) is 5.69 Å². The molecule has 4 rings (SSSR count). The van der Waals surface area contributed by atoms with Gasteiger partial charge in [-0.15, -0.1) is 0 Å². The molecule has 2 aliphatic heterocycles. The molecule has 2 aromatic carbocycles. The number of fused-ring (bicyclic) bond motifs is 1. The average Bonchev–Trinajstić information content (AvgIpc) is 2.90. The number of hydrogen-bond acceptors (Lipinski definition) is 3. The van der Waals surface area contributed by atoms with Crippen molar-refractivity contribution in [1.82, 2.24) is 5.32 Å². The summed E-state index contributed by atoms with van der Waals surface area (Å²) >= 11 is 0. The second-order valence-electron chi connectivity index (χ2n) is 6.05. The molecule has 2 aromatic rings. The highest BCUT2D eigenvalue weighted by Crippen LogP contribution is 2.31. The Balaban J connectivity index is 1.71. The number of imide groups is 1. The zero-order valence-corrected chi connectivity index (χ0v) is 12.7. The van der Waals surface area contributed by atoms with Crippen LogP contribution in [0.5, 0.6) is 0 Å². The molecule has 0 aromatic heterocycles. The van der Waals surface area contributed by atoms with Crippen LogP contribution in [0.4, 0.5) is 10.5 Å². The topological polar surface area (TPSA) is 58.6 Å². The van der Waals surface area contributed by atoms with Gasteiger partial charge in [-0.25, -0.2) is 9.69 Å². The SMILES string of the molecule is O=C1NC(C2CCOCC2)C(=O)N1c1cccc2ccccc12. The van der Waals surface area contributed by atoms with Crippen molar-refractivity contribution in [3.05, 3.63) is 42.5 Å². The molecular weight excluding hydrogens is 292 g/mol. The van der Waals surface area contributed by atoms with Crippen molar-refractivity contribution < 1.29 is 14.3 Å². The lowest BCUT2D eigenvalue weighted by molar-refractivity contribution is -0.120. The summed E-state index contributed by atoms with van der Waals surface area (Å²) in [5.41, 5.74) is 0.653. The van der Waals surface area contributed by atoms with Gasteiger partial charge in [-0.3, -0.25) is 4.79 Å². The molecule has 0 saturated carbocycles. The maximum atomic E-state index is 12.9. The third kappa shape index (κ3) is 2.37. The van der Waals surface area contributed by atoms with Gasteiger partial charge in [0.25, 0.3) is 5.91 Å². The Hall–Kier alpha value is -2.40. The number of urea groups is 1. The van der Waals surface area contributed by atoms with Crippen LogP contribution in [-0.2, 0) is 9.53 Å². The van der Waals surface area contributed by atoms with Crippen LogP contribution in [0.25, 0.3) is 10.8 Å². The Kier molecular flexibility index (Phi) is 3.50. The summed E-state index contributed by atoms with van der Waals surface area (Å²) in [5, 5.41) is 4.79. The van der Waals surface area contributed by atoms with E-state index in [1.807, 2.05) is 42.5 Å². The lowest BCUT2D eigenvalue weighted by Gasteiger charge is -2.25. The van der Waals surface area contributed by atoms with E-state index in [1.165, 1.54) is 4.90 Å². The summed E-state index contributed by atoms with van der Waals surface area (Å²) in [7, 11) is 0.